The van der Waals surface area contributed by atoms with Crippen molar-refractivity contribution in [3.63, 3.8) is 0 Å². The average molecular weight is 352 g/mol. The number of aryl methyl sites for hydroxylation is 1. The van der Waals surface area contributed by atoms with Gasteiger partial charge < -0.3 is 14.8 Å². The predicted molar refractivity (Wildman–Crippen MR) is 97.2 cm³/mol. The second-order valence-corrected chi connectivity index (χ2v) is 5.60. The van der Waals surface area contributed by atoms with Gasteiger partial charge in [0.1, 0.15) is 0 Å². The van der Waals surface area contributed by atoms with Gasteiger partial charge in [-0.25, -0.2) is 0 Å². The lowest BCUT2D eigenvalue weighted by Crippen LogP contribution is -2.23. The molecule has 0 aliphatic carbocycles. The number of pyridine rings is 1. The number of aromatic nitrogens is 3. The van der Waals surface area contributed by atoms with Gasteiger partial charge in [0.25, 0.3) is 5.91 Å². The SMILES string of the molecule is COc1cccc(C(=O)NCc2cc(-c3ccncc3)n(C)n2)c1OC. The summed E-state index contributed by atoms with van der Waals surface area (Å²) >= 11 is 0. The third-order valence-electron chi connectivity index (χ3n) is 3.98. The summed E-state index contributed by atoms with van der Waals surface area (Å²) in [6.45, 7) is 0.304. The van der Waals surface area contributed by atoms with Crippen molar-refractivity contribution in [1.29, 1.82) is 0 Å². The first-order chi connectivity index (χ1) is 12.6. The number of hydrogen-bond donors (Lipinski definition) is 1. The van der Waals surface area contributed by atoms with E-state index in [-0.39, 0.29) is 5.91 Å². The molecular weight excluding hydrogens is 332 g/mol. The highest BCUT2D eigenvalue weighted by Gasteiger charge is 2.16. The van der Waals surface area contributed by atoms with Crippen molar-refractivity contribution in [3.8, 4) is 22.8 Å². The van der Waals surface area contributed by atoms with Crippen molar-refractivity contribution in [2.24, 2.45) is 7.05 Å². The molecule has 2 aromatic heterocycles. The van der Waals surface area contributed by atoms with Crippen LogP contribution in [0.25, 0.3) is 11.3 Å². The Kier molecular flexibility index (Phi) is 5.17. The van der Waals surface area contributed by atoms with Gasteiger partial charge in [-0.15, -0.1) is 0 Å². The van der Waals surface area contributed by atoms with E-state index in [0.29, 0.717) is 23.6 Å². The lowest BCUT2D eigenvalue weighted by atomic mass is 10.1. The van der Waals surface area contributed by atoms with Crippen LogP contribution in [0.2, 0.25) is 0 Å². The summed E-state index contributed by atoms with van der Waals surface area (Å²) in [6, 6.07) is 11.0. The van der Waals surface area contributed by atoms with E-state index in [0.717, 1.165) is 17.0 Å². The standard InChI is InChI=1S/C19H20N4O3/c1-23-16(13-7-9-20-10-8-13)11-14(22-23)12-21-19(24)15-5-4-6-17(25-2)18(15)26-3/h4-11H,12H2,1-3H3,(H,21,24). The number of methoxy groups -OCH3 is 2. The van der Waals surface area contributed by atoms with Gasteiger partial charge in [-0.3, -0.25) is 14.5 Å². The van der Waals surface area contributed by atoms with Crippen molar-refractivity contribution in [1.82, 2.24) is 20.1 Å². The number of carbonyl (C=O) groups is 1. The Bertz CT molecular complexity index is 906. The number of para-hydroxylation sites is 1. The van der Waals surface area contributed by atoms with E-state index in [1.807, 2.05) is 25.2 Å². The fourth-order valence-corrected chi connectivity index (χ4v) is 2.74. The maximum atomic E-state index is 12.5. The molecule has 0 aliphatic rings. The number of nitrogens with one attached hydrogen (secondary N) is 1. The van der Waals surface area contributed by atoms with E-state index >= 15 is 0 Å². The number of carbonyl (C=O) groups excluding carboxylic acids is 1. The van der Waals surface area contributed by atoms with Crippen LogP contribution in [0.5, 0.6) is 11.5 Å². The number of ether oxygens (including phenoxy) is 2. The molecule has 26 heavy (non-hydrogen) atoms. The predicted octanol–water partition coefficient (Wildman–Crippen LogP) is 2.43. The Balaban J connectivity index is 1.75. The molecule has 1 N–H and O–H groups in total. The van der Waals surface area contributed by atoms with Gasteiger partial charge >= 0.3 is 0 Å². The maximum absolute atomic E-state index is 12.5. The third-order valence-corrected chi connectivity index (χ3v) is 3.98. The molecule has 1 amide bonds. The van der Waals surface area contributed by atoms with Gasteiger partial charge in [0.05, 0.1) is 37.7 Å². The smallest absolute Gasteiger partial charge is 0.255 e. The Hall–Kier alpha value is -3.35. The van der Waals surface area contributed by atoms with Crippen molar-refractivity contribution in [2.45, 2.75) is 6.54 Å². The monoisotopic (exact) mass is 352 g/mol. The maximum Gasteiger partial charge on any atom is 0.255 e. The Labute approximate surface area is 151 Å². The number of rotatable bonds is 6. The van der Waals surface area contributed by atoms with Crippen LogP contribution in [0.4, 0.5) is 0 Å². The first-order valence-electron chi connectivity index (χ1n) is 8.06. The molecule has 2 heterocycles. The number of nitrogens with zero attached hydrogens (tertiary/aromatic N) is 3. The average Bonchev–Trinajstić information content (AvgIpc) is 3.06. The molecule has 0 fully saturated rings. The molecule has 0 atom stereocenters. The highest BCUT2D eigenvalue weighted by molar-refractivity contribution is 5.97. The molecule has 7 nitrogen and oxygen atoms in total. The van der Waals surface area contributed by atoms with Gasteiger partial charge in [0.15, 0.2) is 11.5 Å². The molecule has 0 unspecified atom stereocenters. The molecule has 3 rings (SSSR count). The molecule has 3 aromatic rings. The normalized spacial score (nSPS) is 10.4. The second kappa shape index (κ2) is 7.69. The lowest BCUT2D eigenvalue weighted by Gasteiger charge is -2.12. The molecule has 0 radical (unpaired) electrons. The summed E-state index contributed by atoms with van der Waals surface area (Å²) in [5, 5.41) is 7.33. The van der Waals surface area contributed by atoms with E-state index < -0.39 is 0 Å². The summed E-state index contributed by atoms with van der Waals surface area (Å²) in [5.74, 6) is 0.667. The molecule has 0 aliphatic heterocycles. The van der Waals surface area contributed by atoms with Crippen LogP contribution in [0.15, 0.2) is 48.8 Å². The van der Waals surface area contributed by atoms with E-state index in [4.69, 9.17) is 9.47 Å². The minimum atomic E-state index is -0.253. The van der Waals surface area contributed by atoms with Crippen molar-refractivity contribution >= 4 is 5.91 Å². The first-order valence-corrected chi connectivity index (χ1v) is 8.06. The van der Waals surface area contributed by atoms with E-state index in [1.165, 1.54) is 14.2 Å². The summed E-state index contributed by atoms with van der Waals surface area (Å²) < 4.78 is 12.3. The molecule has 0 saturated heterocycles. The van der Waals surface area contributed by atoms with E-state index in [1.54, 1.807) is 35.3 Å². The van der Waals surface area contributed by atoms with Crippen LogP contribution in [-0.2, 0) is 13.6 Å². The summed E-state index contributed by atoms with van der Waals surface area (Å²) in [7, 11) is 4.91. The van der Waals surface area contributed by atoms with Crippen LogP contribution >= 0.6 is 0 Å². The minimum absolute atomic E-state index is 0.253. The fraction of sp³-hybridized carbons (Fsp3) is 0.211. The van der Waals surface area contributed by atoms with Gasteiger partial charge in [-0.2, -0.15) is 5.10 Å². The van der Waals surface area contributed by atoms with Gasteiger partial charge in [-0.05, 0) is 30.3 Å². The van der Waals surface area contributed by atoms with Crippen LogP contribution in [0.3, 0.4) is 0 Å². The fourth-order valence-electron chi connectivity index (χ4n) is 2.74. The zero-order valence-electron chi connectivity index (χ0n) is 14.9. The van der Waals surface area contributed by atoms with Crippen LogP contribution < -0.4 is 14.8 Å². The first kappa shape index (κ1) is 17.5. The third kappa shape index (κ3) is 3.51. The van der Waals surface area contributed by atoms with Crippen molar-refractivity contribution in [2.75, 3.05) is 14.2 Å². The summed E-state index contributed by atoms with van der Waals surface area (Å²) in [4.78, 5) is 16.6. The topological polar surface area (TPSA) is 78.3 Å². The van der Waals surface area contributed by atoms with Crippen LogP contribution in [-0.4, -0.2) is 34.9 Å². The van der Waals surface area contributed by atoms with Gasteiger partial charge in [-0.1, -0.05) is 6.07 Å². The molecule has 134 valence electrons. The van der Waals surface area contributed by atoms with E-state index in [2.05, 4.69) is 15.4 Å². The largest absolute Gasteiger partial charge is 0.493 e. The van der Waals surface area contributed by atoms with Crippen LogP contribution in [0, 0.1) is 0 Å². The zero-order valence-corrected chi connectivity index (χ0v) is 14.9. The highest BCUT2D eigenvalue weighted by atomic mass is 16.5. The quantitative estimate of drug-likeness (QED) is 0.737. The number of amides is 1. The van der Waals surface area contributed by atoms with E-state index in [9.17, 15) is 4.79 Å². The van der Waals surface area contributed by atoms with Crippen LogP contribution in [0.1, 0.15) is 16.1 Å². The lowest BCUT2D eigenvalue weighted by molar-refractivity contribution is 0.0946. The van der Waals surface area contributed by atoms with Gasteiger partial charge in [0, 0.05) is 25.0 Å². The molecule has 0 bridgehead atoms. The number of hydrogen-bond acceptors (Lipinski definition) is 5. The van der Waals surface area contributed by atoms with Crippen molar-refractivity contribution in [3.05, 3.63) is 60.0 Å². The number of benzene rings is 1. The minimum Gasteiger partial charge on any atom is -0.493 e. The highest BCUT2D eigenvalue weighted by Crippen LogP contribution is 2.30. The molecular formula is C19H20N4O3. The summed E-state index contributed by atoms with van der Waals surface area (Å²) in [6.07, 6.45) is 3.47. The van der Waals surface area contributed by atoms with Gasteiger partial charge in [0.2, 0.25) is 0 Å². The molecule has 0 spiro atoms. The molecule has 0 saturated carbocycles. The molecule has 1 aromatic carbocycles. The Morgan fingerprint density at radius 3 is 2.62 bits per heavy atom. The Morgan fingerprint density at radius 1 is 1.15 bits per heavy atom. The molecule has 7 heteroatoms. The zero-order chi connectivity index (χ0) is 18.5. The second-order valence-electron chi connectivity index (χ2n) is 5.60. The summed E-state index contributed by atoms with van der Waals surface area (Å²) in [5.41, 5.74) is 3.14. The Morgan fingerprint density at radius 2 is 1.92 bits per heavy atom. The van der Waals surface area contributed by atoms with Crippen molar-refractivity contribution < 1.29 is 14.3 Å².